The number of ether oxygens (including phenoxy) is 1. The Balaban J connectivity index is 2.42. The lowest BCUT2D eigenvalue weighted by Crippen LogP contribution is -2.41. The zero-order chi connectivity index (χ0) is 13.5. The summed E-state index contributed by atoms with van der Waals surface area (Å²) in [4.78, 5) is 14.7. The largest absolute Gasteiger partial charge is 0.394 e. The molecule has 2 rings (SSSR count). The standard InChI is InChI=1S/C9H11F2N3O4/c10-9(11)6(16)4(3-15)18-7(9)14-2-1-5(12)13-8(14)17/h1-2,4,6-7,15-16H,3H2,(H2,12,13,17)/t4-,6?,7-/m0/s1. The number of aliphatic hydroxyl groups is 2. The number of alkyl halides is 2. The van der Waals surface area contributed by atoms with Crippen molar-refractivity contribution in [1.82, 2.24) is 9.55 Å². The summed E-state index contributed by atoms with van der Waals surface area (Å²) in [5.74, 6) is -3.83. The summed E-state index contributed by atoms with van der Waals surface area (Å²) in [5.41, 5.74) is 4.21. The molecule has 0 saturated carbocycles. The van der Waals surface area contributed by atoms with Gasteiger partial charge in [0.05, 0.1) is 6.61 Å². The van der Waals surface area contributed by atoms with Crippen LogP contribution >= 0.6 is 0 Å². The second-order valence-electron chi connectivity index (χ2n) is 3.87. The highest BCUT2D eigenvalue weighted by Crippen LogP contribution is 2.41. The van der Waals surface area contributed by atoms with E-state index in [1.165, 1.54) is 0 Å². The molecule has 0 spiro atoms. The van der Waals surface area contributed by atoms with E-state index in [0.717, 1.165) is 12.3 Å². The third-order valence-electron chi connectivity index (χ3n) is 2.66. The molecule has 1 aliphatic rings. The van der Waals surface area contributed by atoms with Crippen LogP contribution in [0.3, 0.4) is 0 Å². The Morgan fingerprint density at radius 2 is 2.28 bits per heavy atom. The average molecular weight is 263 g/mol. The maximum Gasteiger partial charge on any atom is 0.351 e. The highest BCUT2D eigenvalue weighted by Gasteiger charge is 2.59. The number of aromatic nitrogens is 2. The van der Waals surface area contributed by atoms with Crippen LogP contribution in [0.5, 0.6) is 0 Å². The number of aliphatic hydroxyl groups excluding tert-OH is 2. The Bertz CT molecular complexity index is 507. The number of hydrogen-bond donors (Lipinski definition) is 3. The molecule has 1 unspecified atom stereocenters. The van der Waals surface area contributed by atoms with Gasteiger partial charge in [0, 0.05) is 6.20 Å². The van der Waals surface area contributed by atoms with Crippen LogP contribution in [-0.2, 0) is 4.74 Å². The van der Waals surface area contributed by atoms with Crippen molar-refractivity contribution < 1.29 is 23.7 Å². The Kier molecular flexibility index (Phi) is 3.05. The van der Waals surface area contributed by atoms with Crippen molar-refractivity contribution in [1.29, 1.82) is 0 Å². The van der Waals surface area contributed by atoms with Gasteiger partial charge in [0.25, 0.3) is 0 Å². The number of anilines is 1. The van der Waals surface area contributed by atoms with E-state index in [-0.39, 0.29) is 5.82 Å². The van der Waals surface area contributed by atoms with Crippen LogP contribution in [0.1, 0.15) is 6.23 Å². The summed E-state index contributed by atoms with van der Waals surface area (Å²) in [6, 6.07) is 1.15. The summed E-state index contributed by atoms with van der Waals surface area (Å²) >= 11 is 0. The van der Waals surface area contributed by atoms with Gasteiger partial charge < -0.3 is 20.7 Å². The molecule has 18 heavy (non-hydrogen) atoms. The van der Waals surface area contributed by atoms with E-state index in [9.17, 15) is 18.7 Å². The average Bonchev–Trinajstić information content (AvgIpc) is 2.52. The van der Waals surface area contributed by atoms with Crippen molar-refractivity contribution >= 4 is 5.82 Å². The third kappa shape index (κ3) is 1.85. The third-order valence-corrected chi connectivity index (χ3v) is 2.66. The van der Waals surface area contributed by atoms with E-state index < -0.39 is 36.7 Å². The Labute approximate surface area is 99.4 Å². The van der Waals surface area contributed by atoms with E-state index in [4.69, 9.17) is 15.6 Å². The van der Waals surface area contributed by atoms with Crippen molar-refractivity contribution in [2.45, 2.75) is 24.4 Å². The van der Waals surface area contributed by atoms with E-state index in [1.54, 1.807) is 0 Å². The number of rotatable bonds is 2. The quantitative estimate of drug-likeness (QED) is 0.612. The van der Waals surface area contributed by atoms with Crippen LogP contribution in [-0.4, -0.2) is 44.5 Å². The maximum atomic E-state index is 13.7. The zero-order valence-electron chi connectivity index (χ0n) is 9.03. The number of nitrogens with two attached hydrogens (primary N) is 1. The second kappa shape index (κ2) is 4.26. The Morgan fingerprint density at radius 3 is 2.78 bits per heavy atom. The van der Waals surface area contributed by atoms with E-state index in [0.29, 0.717) is 4.57 Å². The van der Waals surface area contributed by atoms with Crippen molar-refractivity contribution in [3.63, 3.8) is 0 Å². The van der Waals surface area contributed by atoms with Gasteiger partial charge in [0.2, 0.25) is 6.23 Å². The van der Waals surface area contributed by atoms with Crippen molar-refractivity contribution in [2.24, 2.45) is 0 Å². The first kappa shape index (κ1) is 12.9. The molecule has 1 aromatic rings. The van der Waals surface area contributed by atoms with Crippen LogP contribution in [0.15, 0.2) is 17.1 Å². The van der Waals surface area contributed by atoms with Gasteiger partial charge in [-0.3, -0.25) is 4.57 Å². The first-order chi connectivity index (χ1) is 8.37. The SMILES string of the molecule is Nc1ccn([C@H]2O[C@@H](CO)C(O)C2(F)F)c(=O)n1. The molecule has 1 aliphatic heterocycles. The van der Waals surface area contributed by atoms with Crippen molar-refractivity contribution in [3.8, 4) is 0 Å². The zero-order valence-corrected chi connectivity index (χ0v) is 9.03. The van der Waals surface area contributed by atoms with Crippen LogP contribution in [0.2, 0.25) is 0 Å². The predicted octanol–water partition coefficient (Wildman–Crippen LogP) is -1.29. The highest BCUT2D eigenvalue weighted by molar-refractivity contribution is 5.23. The number of hydrogen-bond acceptors (Lipinski definition) is 6. The lowest BCUT2D eigenvalue weighted by molar-refractivity contribution is -0.140. The van der Waals surface area contributed by atoms with Crippen molar-refractivity contribution in [2.75, 3.05) is 12.3 Å². The monoisotopic (exact) mass is 263 g/mol. The van der Waals surface area contributed by atoms with Gasteiger partial charge in [-0.1, -0.05) is 0 Å². The molecule has 100 valence electrons. The summed E-state index contributed by atoms with van der Waals surface area (Å²) < 4.78 is 32.7. The summed E-state index contributed by atoms with van der Waals surface area (Å²) in [7, 11) is 0. The smallest absolute Gasteiger partial charge is 0.351 e. The molecule has 0 radical (unpaired) electrons. The molecule has 1 saturated heterocycles. The van der Waals surface area contributed by atoms with Crippen LogP contribution in [0, 0.1) is 0 Å². The highest BCUT2D eigenvalue weighted by atomic mass is 19.3. The van der Waals surface area contributed by atoms with Gasteiger partial charge in [-0.2, -0.15) is 13.8 Å². The molecule has 0 amide bonds. The van der Waals surface area contributed by atoms with Gasteiger partial charge in [0.1, 0.15) is 11.9 Å². The molecule has 0 bridgehead atoms. The molecule has 4 N–H and O–H groups in total. The van der Waals surface area contributed by atoms with E-state index >= 15 is 0 Å². The molecular weight excluding hydrogens is 252 g/mol. The minimum Gasteiger partial charge on any atom is -0.394 e. The molecule has 0 aromatic carbocycles. The van der Waals surface area contributed by atoms with Crippen LogP contribution < -0.4 is 11.4 Å². The fraction of sp³-hybridized carbons (Fsp3) is 0.556. The van der Waals surface area contributed by atoms with Gasteiger partial charge in [0.15, 0.2) is 6.10 Å². The molecular formula is C9H11F2N3O4. The van der Waals surface area contributed by atoms with Gasteiger partial charge in [-0.25, -0.2) is 4.79 Å². The topological polar surface area (TPSA) is 111 Å². The summed E-state index contributed by atoms with van der Waals surface area (Å²) in [6.07, 6.45) is -4.69. The Morgan fingerprint density at radius 1 is 1.61 bits per heavy atom. The lowest BCUT2D eigenvalue weighted by atomic mass is 10.1. The molecule has 1 fully saturated rings. The van der Waals surface area contributed by atoms with Gasteiger partial charge in [-0.05, 0) is 6.07 Å². The van der Waals surface area contributed by atoms with Crippen LogP contribution in [0.25, 0.3) is 0 Å². The first-order valence-electron chi connectivity index (χ1n) is 5.04. The molecule has 7 nitrogen and oxygen atoms in total. The van der Waals surface area contributed by atoms with E-state index in [2.05, 4.69) is 4.98 Å². The fourth-order valence-electron chi connectivity index (χ4n) is 1.72. The lowest BCUT2D eigenvalue weighted by Gasteiger charge is -2.20. The normalized spacial score (nSPS) is 30.6. The minimum absolute atomic E-state index is 0.114. The number of nitrogens with zero attached hydrogens (tertiary/aromatic N) is 2. The van der Waals surface area contributed by atoms with Gasteiger partial charge in [-0.15, -0.1) is 0 Å². The minimum atomic E-state index is -3.71. The maximum absolute atomic E-state index is 13.7. The Hall–Kier alpha value is -1.58. The van der Waals surface area contributed by atoms with E-state index in [1.807, 2.05) is 0 Å². The van der Waals surface area contributed by atoms with Crippen molar-refractivity contribution in [3.05, 3.63) is 22.7 Å². The van der Waals surface area contributed by atoms with Gasteiger partial charge >= 0.3 is 11.6 Å². The molecule has 3 atom stereocenters. The molecule has 1 aromatic heterocycles. The summed E-state index contributed by atoms with van der Waals surface area (Å²) in [5, 5.41) is 18.1. The first-order valence-corrected chi connectivity index (χ1v) is 5.04. The number of halogens is 2. The summed E-state index contributed by atoms with van der Waals surface area (Å²) in [6.45, 7) is -0.787. The molecule has 2 heterocycles. The number of nitrogen functional groups attached to an aromatic ring is 1. The van der Waals surface area contributed by atoms with Crippen LogP contribution in [0.4, 0.5) is 14.6 Å². The molecule has 0 aliphatic carbocycles. The fourth-order valence-corrected chi connectivity index (χ4v) is 1.72. The second-order valence-corrected chi connectivity index (χ2v) is 3.87. The molecule has 9 heteroatoms. The predicted molar refractivity (Wildman–Crippen MR) is 54.9 cm³/mol.